The lowest BCUT2D eigenvalue weighted by Crippen LogP contribution is -2.39. The molecule has 2 aromatic heterocycles. The summed E-state index contributed by atoms with van der Waals surface area (Å²) in [7, 11) is 0. The topological polar surface area (TPSA) is 73.7 Å². The van der Waals surface area contributed by atoms with Crippen LogP contribution in [0.3, 0.4) is 0 Å². The van der Waals surface area contributed by atoms with E-state index in [1.165, 1.54) is 32.1 Å². The van der Waals surface area contributed by atoms with Gasteiger partial charge >= 0.3 is 0 Å². The minimum Gasteiger partial charge on any atom is -0.338 e. The molecule has 30 heavy (non-hydrogen) atoms. The molecular formula is C23H31N5O2. The van der Waals surface area contributed by atoms with Gasteiger partial charge in [0.15, 0.2) is 5.65 Å². The Morgan fingerprint density at radius 3 is 2.93 bits per heavy atom. The number of aromatic nitrogens is 3. The van der Waals surface area contributed by atoms with E-state index in [1.54, 1.807) is 16.3 Å². The first-order chi connectivity index (χ1) is 14.6. The van der Waals surface area contributed by atoms with E-state index in [0.29, 0.717) is 36.8 Å². The van der Waals surface area contributed by atoms with Crippen molar-refractivity contribution in [3.63, 3.8) is 0 Å². The summed E-state index contributed by atoms with van der Waals surface area (Å²) >= 11 is 0. The van der Waals surface area contributed by atoms with Crippen molar-refractivity contribution in [2.45, 2.75) is 64.5 Å². The molecule has 0 bridgehead atoms. The molecule has 5 rings (SSSR count). The van der Waals surface area contributed by atoms with Crippen molar-refractivity contribution in [3.05, 3.63) is 45.5 Å². The molecule has 1 amide bonds. The number of carbonyl (C=O) groups excluding carboxylic acids is 1. The van der Waals surface area contributed by atoms with Crippen LogP contribution in [-0.2, 0) is 17.8 Å². The highest BCUT2D eigenvalue weighted by Gasteiger charge is 2.29. The Labute approximate surface area is 176 Å². The van der Waals surface area contributed by atoms with Crippen LogP contribution in [0.2, 0.25) is 0 Å². The van der Waals surface area contributed by atoms with Crippen LogP contribution in [0.15, 0.2) is 23.0 Å². The Morgan fingerprint density at radius 1 is 1.23 bits per heavy atom. The number of nitrogens with zero attached hydrogens (tertiary/aromatic N) is 4. The zero-order valence-corrected chi connectivity index (χ0v) is 17.8. The lowest BCUT2D eigenvalue weighted by Gasteiger charge is -2.37. The van der Waals surface area contributed by atoms with E-state index >= 15 is 0 Å². The number of rotatable bonds is 3. The number of nitrogens with one attached hydrogen (secondary N) is 1. The predicted molar refractivity (Wildman–Crippen MR) is 115 cm³/mol. The van der Waals surface area contributed by atoms with Crippen LogP contribution in [0.4, 0.5) is 0 Å². The van der Waals surface area contributed by atoms with Crippen LogP contribution in [0.5, 0.6) is 0 Å². The normalized spacial score (nSPS) is 24.9. The van der Waals surface area contributed by atoms with Crippen molar-refractivity contribution in [1.82, 2.24) is 24.4 Å². The zero-order valence-electron chi connectivity index (χ0n) is 17.8. The molecule has 4 heterocycles. The van der Waals surface area contributed by atoms with Crippen LogP contribution in [0.25, 0.3) is 5.65 Å². The number of allylic oxidation sites excluding steroid dienone is 2. The SMILES string of the molecule is CC(=O)N1CCc2nc3cc([C@@H]4CCCCN4C[C@H]4CC=CCC4)[nH]n3c(=O)c2C1. The lowest BCUT2D eigenvalue weighted by atomic mass is 9.91. The van der Waals surface area contributed by atoms with Gasteiger partial charge in [0, 0.05) is 32.5 Å². The monoisotopic (exact) mass is 409 g/mol. The van der Waals surface area contributed by atoms with Gasteiger partial charge in [-0.25, -0.2) is 9.50 Å². The van der Waals surface area contributed by atoms with Gasteiger partial charge in [0.2, 0.25) is 5.91 Å². The van der Waals surface area contributed by atoms with Crippen molar-refractivity contribution in [1.29, 1.82) is 0 Å². The Balaban J connectivity index is 1.45. The summed E-state index contributed by atoms with van der Waals surface area (Å²) < 4.78 is 1.59. The summed E-state index contributed by atoms with van der Waals surface area (Å²) in [5.41, 5.74) is 3.23. The molecular weight excluding hydrogens is 378 g/mol. The highest BCUT2D eigenvalue weighted by molar-refractivity contribution is 5.73. The molecule has 7 heteroatoms. The predicted octanol–water partition coefficient (Wildman–Crippen LogP) is 2.81. The first-order valence-corrected chi connectivity index (χ1v) is 11.4. The Hall–Kier alpha value is -2.41. The largest absolute Gasteiger partial charge is 0.338 e. The van der Waals surface area contributed by atoms with Gasteiger partial charge in [-0.2, -0.15) is 0 Å². The summed E-state index contributed by atoms with van der Waals surface area (Å²) in [4.78, 5) is 34.1. The summed E-state index contributed by atoms with van der Waals surface area (Å²) in [6.45, 7) is 4.79. The van der Waals surface area contributed by atoms with Gasteiger partial charge < -0.3 is 4.90 Å². The third-order valence-electron chi connectivity index (χ3n) is 7.07. The summed E-state index contributed by atoms with van der Waals surface area (Å²) in [5.74, 6) is 0.735. The maximum atomic E-state index is 13.2. The third kappa shape index (κ3) is 3.60. The zero-order chi connectivity index (χ0) is 20.7. The van der Waals surface area contributed by atoms with Crippen LogP contribution >= 0.6 is 0 Å². The average Bonchev–Trinajstić information content (AvgIpc) is 3.19. The highest BCUT2D eigenvalue weighted by atomic mass is 16.2. The summed E-state index contributed by atoms with van der Waals surface area (Å²) in [6, 6.07) is 2.39. The number of hydrogen-bond acceptors (Lipinski definition) is 4. The Morgan fingerprint density at radius 2 is 2.13 bits per heavy atom. The van der Waals surface area contributed by atoms with Gasteiger partial charge in [0.05, 0.1) is 29.5 Å². The number of hydrogen-bond donors (Lipinski definition) is 1. The maximum Gasteiger partial charge on any atom is 0.277 e. The second-order valence-electron chi connectivity index (χ2n) is 9.09. The molecule has 160 valence electrons. The molecule has 0 saturated carbocycles. The van der Waals surface area contributed by atoms with E-state index in [1.807, 2.05) is 0 Å². The van der Waals surface area contributed by atoms with E-state index in [4.69, 9.17) is 4.98 Å². The van der Waals surface area contributed by atoms with E-state index in [2.05, 4.69) is 28.2 Å². The molecule has 0 spiro atoms. The number of carbonyl (C=O) groups is 1. The fourth-order valence-electron chi connectivity index (χ4n) is 5.35. The van der Waals surface area contributed by atoms with Crippen molar-refractivity contribution < 1.29 is 4.79 Å². The molecule has 2 aliphatic heterocycles. The molecule has 0 aromatic carbocycles. The molecule has 1 fully saturated rings. The van der Waals surface area contributed by atoms with Crippen molar-refractivity contribution >= 4 is 11.6 Å². The smallest absolute Gasteiger partial charge is 0.277 e. The minimum absolute atomic E-state index is 0.00715. The van der Waals surface area contributed by atoms with Gasteiger partial charge in [0.1, 0.15) is 0 Å². The number of fused-ring (bicyclic) bond motifs is 2. The standard InChI is InChI=1S/C23H31N5O2/c1-16(29)26-12-10-19-18(15-26)23(30)28-22(24-19)13-20(25-28)21-9-5-6-11-27(21)14-17-7-3-2-4-8-17/h2-3,13,17,21,25H,4-12,14-15H2,1H3/t17-,21-/m0/s1. The second-order valence-corrected chi connectivity index (χ2v) is 9.09. The molecule has 0 radical (unpaired) electrons. The van der Waals surface area contributed by atoms with Crippen molar-refractivity contribution in [2.24, 2.45) is 5.92 Å². The van der Waals surface area contributed by atoms with Gasteiger partial charge in [-0.3, -0.25) is 19.6 Å². The van der Waals surface area contributed by atoms with E-state index in [0.717, 1.165) is 36.8 Å². The summed E-state index contributed by atoms with van der Waals surface area (Å²) in [6.07, 6.45) is 12.5. The Bertz CT molecular complexity index is 1040. The van der Waals surface area contributed by atoms with Crippen molar-refractivity contribution in [3.8, 4) is 0 Å². The number of H-pyrrole nitrogens is 1. The molecule has 2 aromatic rings. The van der Waals surface area contributed by atoms with Crippen LogP contribution < -0.4 is 5.56 Å². The molecule has 1 aliphatic carbocycles. The van der Waals surface area contributed by atoms with Crippen LogP contribution in [0, 0.1) is 5.92 Å². The Kier molecular flexibility index (Phi) is 5.23. The number of amides is 1. The highest BCUT2D eigenvalue weighted by Crippen LogP contribution is 2.33. The second kappa shape index (κ2) is 8.02. The lowest BCUT2D eigenvalue weighted by molar-refractivity contribution is -0.129. The quantitative estimate of drug-likeness (QED) is 0.791. The maximum absolute atomic E-state index is 13.2. The summed E-state index contributed by atoms with van der Waals surface area (Å²) in [5, 5.41) is 3.38. The van der Waals surface area contributed by atoms with Crippen LogP contribution in [-0.4, -0.2) is 49.9 Å². The molecule has 0 unspecified atom stereocenters. The first-order valence-electron chi connectivity index (χ1n) is 11.4. The van der Waals surface area contributed by atoms with Gasteiger partial charge in [-0.1, -0.05) is 18.6 Å². The van der Waals surface area contributed by atoms with Crippen molar-refractivity contribution in [2.75, 3.05) is 19.6 Å². The van der Waals surface area contributed by atoms with E-state index < -0.39 is 0 Å². The first kappa shape index (κ1) is 19.5. The van der Waals surface area contributed by atoms with Crippen LogP contribution in [0.1, 0.15) is 68.4 Å². The number of aromatic amines is 1. The molecule has 1 N–H and O–H groups in total. The van der Waals surface area contributed by atoms with E-state index in [9.17, 15) is 9.59 Å². The minimum atomic E-state index is -0.0630. The average molecular weight is 410 g/mol. The molecule has 7 nitrogen and oxygen atoms in total. The molecule has 1 saturated heterocycles. The van der Waals surface area contributed by atoms with Gasteiger partial charge in [0.25, 0.3) is 5.56 Å². The fraction of sp³-hybridized carbons (Fsp3) is 0.609. The van der Waals surface area contributed by atoms with E-state index in [-0.39, 0.29) is 11.5 Å². The fourth-order valence-corrected chi connectivity index (χ4v) is 5.35. The van der Waals surface area contributed by atoms with Gasteiger partial charge in [-0.05, 0) is 44.6 Å². The molecule has 2 atom stereocenters. The number of piperidine rings is 1. The third-order valence-corrected chi connectivity index (χ3v) is 7.07. The number of likely N-dealkylation sites (tertiary alicyclic amines) is 1. The van der Waals surface area contributed by atoms with Gasteiger partial charge in [-0.15, -0.1) is 0 Å². The molecule has 3 aliphatic rings.